The van der Waals surface area contributed by atoms with Crippen LogP contribution in [-0.4, -0.2) is 40.5 Å². The summed E-state index contributed by atoms with van der Waals surface area (Å²) in [6.07, 6.45) is 1.48. The molecule has 0 bridgehead atoms. The Balaban J connectivity index is 1.69. The molecule has 128 valence electrons. The van der Waals surface area contributed by atoms with Crippen LogP contribution in [0.25, 0.3) is 0 Å². The molecule has 25 heavy (non-hydrogen) atoms. The lowest BCUT2D eigenvalue weighted by atomic mass is 10.2. The molecule has 8 heteroatoms. The molecule has 1 aliphatic rings. The molecule has 3 rings (SSSR count). The van der Waals surface area contributed by atoms with Crippen LogP contribution < -0.4 is 10.2 Å². The number of anilines is 1. The molecule has 0 spiro atoms. The zero-order valence-corrected chi connectivity index (χ0v) is 13.0. The third-order valence-electron chi connectivity index (χ3n) is 3.90. The van der Waals surface area contributed by atoms with Crippen LogP contribution in [0.4, 0.5) is 10.1 Å². The van der Waals surface area contributed by atoms with Crippen molar-refractivity contribution in [1.29, 1.82) is 0 Å². The van der Waals surface area contributed by atoms with Gasteiger partial charge in [0.1, 0.15) is 17.6 Å². The van der Waals surface area contributed by atoms with Crippen molar-refractivity contribution in [2.45, 2.75) is 12.5 Å². The number of nitrogens with one attached hydrogen (secondary N) is 1. The molecule has 2 heterocycles. The summed E-state index contributed by atoms with van der Waals surface area (Å²) in [4.78, 5) is 40.3. The molecular weight excluding hydrogens is 329 g/mol. The molecular formula is C17H14FN3O4. The predicted molar refractivity (Wildman–Crippen MR) is 85.8 cm³/mol. The van der Waals surface area contributed by atoms with E-state index in [4.69, 9.17) is 5.11 Å². The first kappa shape index (κ1) is 16.6. The number of benzene rings is 1. The maximum Gasteiger partial charge on any atom is 0.354 e. The first-order chi connectivity index (χ1) is 12.0. The van der Waals surface area contributed by atoms with Crippen molar-refractivity contribution >= 4 is 23.5 Å². The van der Waals surface area contributed by atoms with Gasteiger partial charge in [-0.05, 0) is 30.7 Å². The summed E-state index contributed by atoms with van der Waals surface area (Å²) in [5, 5.41) is 11.4. The molecule has 1 saturated heterocycles. The number of para-hydroxylation sites is 1. The van der Waals surface area contributed by atoms with E-state index in [1.165, 1.54) is 35.2 Å². The molecule has 0 radical (unpaired) electrons. The van der Waals surface area contributed by atoms with Crippen LogP contribution in [0, 0.1) is 5.82 Å². The summed E-state index contributed by atoms with van der Waals surface area (Å²) in [6.45, 7) is 0.293. The summed E-state index contributed by atoms with van der Waals surface area (Å²) >= 11 is 0. The fraction of sp³-hybridized carbons (Fsp3) is 0.176. The van der Waals surface area contributed by atoms with Crippen LogP contribution >= 0.6 is 0 Å². The highest BCUT2D eigenvalue weighted by Gasteiger charge is 2.34. The van der Waals surface area contributed by atoms with Gasteiger partial charge in [-0.3, -0.25) is 9.59 Å². The number of hydrogen-bond acceptors (Lipinski definition) is 4. The molecule has 1 fully saturated rings. The van der Waals surface area contributed by atoms with Gasteiger partial charge in [-0.2, -0.15) is 0 Å². The average molecular weight is 343 g/mol. The minimum atomic E-state index is -1.20. The molecule has 2 amide bonds. The van der Waals surface area contributed by atoms with E-state index in [1.807, 2.05) is 0 Å². The lowest BCUT2D eigenvalue weighted by Crippen LogP contribution is -2.41. The van der Waals surface area contributed by atoms with E-state index in [-0.39, 0.29) is 16.9 Å². The largest absolute Gasteiger partial charge is 0.477 e. The summed E-state index contributed by atoms with van der Waals surface area (Å²) < 4.78 is 13.8. The van der Waals surface area contributed by atoms with E-state index in [9.17, 15) is 18.8 Å². The van der Waals surface area contributed by atoms with Crippen molar-refractivity contribution in [2.75, 3.05) is 11.4 Å². The maximum absolute atomic E-state index is 13.8. The molecule has 0 saturated carbocycles. The van der Waals surface area contributed by atoms with Gasteiger partial charge in [0.2, 0.25) is 5.91 Å². The van der Waals surface area contributed by atoms with Crippen LogP contribution in [0.1, 0.15) is 27.3 Å². The van der Waals surface area contributed by atoms with Crippen molar-refractivity contribution in [3.8, 4) is 0 Å². The topological polar surface area (TPSA) is 99.6 Å². The number of carboxylic acid groups (broad SMARTS) is 1. The van der Waals surface area contributed by atoms with Gasteiger partial charge in [0.25, 0.3) is 5.91 Å². The number of rotatable bonds is 4. The predicted octanol–water partition coefficient (Wildman–Crippen LogP) is 1.45. The van der Waals surface area contributed by atoms with Gasteiger partial charge in [0.15, 0.2) is 0 Å². The van der Waals surface area contributed by atoms with Crippen LogP contribution in [0.2, 0.25) is 0 Å². The van der Waals surface area contributed by atoms with Gasteiger partial charge in [-0.25, -0.2) is 14.2 Å². The summed E-state index contributed by atoms with van der Waals surface area (Å²) in [5.74, 6) is -2.64. The Morgan fingerprint density at radius 1 is 1.24 bits per heavy atom. The van der Waals surface area contributed by atoms with E-state index in [1.54, 1.807) is 6.07 Å². The minimum Gasteiger partial charge on any atom is -0.477 e. The van der Waals surface area contributed by atoms with Crippen molar-refractivity contribution in [2.24, 2.45) is 0 Å². The first-order valence-electron chi connectivity index (χ1n) is 7.53. The number of carbonyl (C=O) groups is 3. The SMILES string of the molecule is O=C(N[C@H]1CCN(c2ccccc2F)C1=O)c1ccc(C(=O)O)nc1. The van der Waals surface area contributed by atoms with Crippen molar-refractivity contribution in [1.82, 2.24) is 10.3 Å². The zero-order chi connectivity index (χ0) is 18.0. The number of carbonyl (C=O) groups excluding carboxylic acids is 2. The lowest BCUT2D eigenvalue weighted by Gasteiger charge is -2.17. The van der Waals surface area contributed by atoms with Crippen LogP contribution in [0.3, 0.4) is 0 Å². The van der Waals surface area contributed by atoms with Gasteiger partial charge in [0, 0.05) is 12.7 Å². The van der Waals surface area contributed by atoms with E-state index in [2.05, 4.69) is 10.3 Å². The van der Waals surface area contributed by atoms with Crippen molar-refractivity contribution in [3.63, 3.8) is 0 Å². The highest BCUT2D eigenvalue weighted by molar-refractivity contribution is 6.04. The molecule has 7 nitrogen and oxygen atoms in total. The molecule has 1 aliphatic heterocycles. The van der Waals surface area contributed by atoms with E-state index < -0.39 is 29.6 Å². The van der Waals surface area contributed by atoms with Gasteiger partial charge in [0.05, 0.1) is 11.3 Å². The number of carboxylic acids is 1. The normalized spacial score (nSPS) is 16.8. The highest BCUT2D eigenvalue weighted by atomic mass is 19.1. The Labute approximate surface area is 142 Å². The van der Waals surface area contributed by atoms with Gasteiger partial charge < -0.3 is 15.3 Å². The molecule has 1 atom stereocenters. The molecule has 0 aliphatic carbocycles. The fourth-order valence-electron chi connectivity index (χ4n) is 2.62. The number of hydrogen-bond donors (Lipinski definition) is 2. The summed E-state index contributed by atoms with van der Waals surface area (Å²) in [7, 11) is 0. The summed E-state index contributed by atoms with van der Waals surface area (Å²) in [6, 6.07) is 7.70. The maximum atomic E-state index is 13.8. The quantitative estimate of drug-likeness (QED) is 0.875. The number of amides is 2. The smallest absolute Gasteiger partial charge is 0.354 e. The fourth-order valence-corrected chi connectivity index (χ4v) is 2.62. The molecule has 1 aromatic heterocycles. The second-order valence-electron chi connectivity index (χ2n) is 5.49. The number of pyridine rings is 1. The molecule has 1 aromatic carbocycles. The van der Waals surface area contributed by atoms with Crippen molar-refractivity contribution in [3.05, 3.63) is 59.7 Å². The Morgan fingerprint density at radius 2 is 2.00 bits per heavy atom. The standard InChI is InChI=1S/C17H14FN3O4/c18-11-3-1-2-4-14(11)21-8-7-12(16(21)23)20-15(22)10-5-6-13(17(24)25)19-9-10/h1-6,9,12H,7-8H2,(H,20,22)(H,24,25)/t12-/m0/s1. The number of halogens is 1. The third-order valence-corrected chi connectivity index (χ3v) is 3.90. The Kier molecular flexibility index (Phi) is 4.42. The first-order valence-corrected chi connectivity index (χ1v) is 7.53. The number of nitrogens with zero attached hydrogens (tertiary/aromatic N) is 2. The lowest BCUT2D eigenvalue weighted by molar-refractivity contribution is -0.118. The van der Waals surface area contributed by atoms with Gasteiger partial charge in [-0.15, -0.1) is 0 Å². The van der Waals surface area contributed by atoms with E-state index in [0.717, 1.165) is 6.20 Å². The second kappa shape index (κ2) is 6.68. The van der Waals surface area contributed by atoms with Gasteiger partial charge in [-0.1, -0.05) is 12.1 Å². The van der Waals surface area contributed by atoms with Crippen molar-refractivity contribution < 1.29 is 23.9 Å². The highest BCUT2D eigenvalue weighted by Crippen LogP contribution is 2.24. The third kappa shape index (κ3) is 3.32. The summed E-state index contributed by atoms with van der Waals surface area (Å²) in [5.41, 5.74) is 0.137. The monoisotopic (exact) mass is 343 g/mol. The molecule has 2 N–H and O–H groups in total. The van der Waals surface area contributed by atoms with Crippen LogP contribution in [0.5, 0.6) is 0 Å². The Morgan fingerprint density at radius 3 is 2.64 bits per heavy atom. The minimum absolute atomic E-state index is 0.141. The van der Waals surface area contributed by atoms with Gasteiger partial charge >= 0.3 is 5.97 Å². The average Bonchev–Trinajstić information content (AvgIpc) is 2.96. The van der Waals surface area contributed by atoms with Crippen LogP contribution in [-0.2, 0) is 4.79 Å². The van der Waals surface area contributed by atoms with Crippen LogP contribution in [0.15, 0.2) is 42.6 Å². The van der Waals surface area contributed by atoms with E-state index in [0.29, 0.717) is 13.0 Å². The zero-order valence-electron chi connectivity index (χ0n) is 13.0. The molecule has 0 unspecified atom stereocenters. The second-order valence-corrected chi connectivity index (χ2v) is 5.49. The van der Waals surface area contributed by atoms with E-state index >= 15 is 0 Å². The Bertz CT molecular complexity index is 838. The Hall–Kier alpha value is -3.29. The molecule has 2 aromatic rings. The number of aromatic carboxylic acids is 1. The number of aromatic nitrogens is 1.